The van der Waals surface area contributed by atoms with Gasteiger partial charge in [-0.15, -0.1) is 0 Å². The van der Waals surface area contributed by atoms with Crippen molar-refractivity contribution in [3.8, 4) is 0 Å². The van der Waals surface area contributed by atoms with E-state index in [0.717, 1.165) is 28.7 Å². The number of nitrogens with one attached hydrogen (secondary N) is 1. The molecule has 1 aliphatic rings. The van der Waals surface area contributed by atoms with Gasteiger partial charge in [-0.3, -0.25) is 0 Å². The van der Waals surface area contributed by atoms with E-state index in [0.29, 0.717) is 12.2 Å². The summed E-state index contributed by atoms with van der Waals surface area (Å²) in [4.78, 5) is 0. The van der Waals surface area contributed by atoms with Gasteiger partial charge in [0.25, 0.3) is 0 Å². The van der Waals surface area contributed by atoms with E-state index in [9.17, 15) is 4.39 Å². The van der Waals surface area contributed by atoms with Crippen molar-refractivity contribution >= 4 is 15.9 Å². The van der Waals surface area contributed by atoms with E-state index in [2.05, 4.69) is 21.2 Å². The summed E-state index contributed by atoms with van der Waals surface area (Å²) in [6, 6.07) is 1.59. The maximum absolute atomic E-state index is 13.7. The first-order valence-electron chi connectivity index (χ1n) is 5.38. The molecule has 88 valence electrons. The van der Waals surface area contributed by atoms with E-state index in [1.54, 1.807) is 13.0 Å². The Balaban J connectivity index is 2.40. The Morgan fingerprint density at radius 3 is 2.81 bits per heavy atom. The van der Waals surface area contributed by atoms with E-state index >= 15 is 0 Å². The highest BCUT2D eigenvalue weighted by atomic mass is 79.9. The summed E-state index contributed by atoms with van der Waals surface area (Å²) >= 11 is 3.43. The number of morpholine rings is 1. The summed E-state index contributed by atoms with van der Waals surface area (Å²) in [5.41, 5.74) is 2.65. The van der Waals surface area contributed by atoms with Crippen LogP contribution in [-0.2, 0) is 4.74 Å². The second-order valence-corrected chi connectivity index (χ2v) is 4.87. The molecule has 1 N–H and O–H groups in total. The molecule has 1 aromatic rings. The lowest BCUT2D eigenvalue weighted by Gasteiger charge is -2.26. The minimum absolute atomic E-state index is 0.0415. The van der Waals surface area contributed by atoms with Crippen LogP contribution in [-0.4, -0.2) is 19.7 Å². The van der Waals surface area contributed by atoms with Gasteiger partial charge < -0.3 is 10.1 Å². The summed E-state index contributed by atoms with van der Waals surface area (Å²) in [5.74, 6) is -0.179. The normalized spacial score (nSPS) is 21.1. The third kappa shape index (κ3) is 2.14. The smallest absolute Gasteiger partial charge is 0.127 e. The molecule has 1 fully saturated rings. The van der Waals surface area contributed by atoms with Gasteiger partial charge in [-0.1, -0.05) is 15.9 Å². The molecule has 0 bridgehead atoms. The van der Waals surface area contributed by atoms with Crippen molar-refractivity contribution in [3.05, 3.63) is 33.0 Å². The molecule has 1 unspecified atom stereocenters. The first-order chi connectivity index (χ1) is 7.61. The standard InChI is InChI=1S/C12H15BrFNO/c1-7-9(11-6-15-3-4-16-11)5-10(14)8(2)12(7)13/h5,11,15H,3-4,6H2,1-2H3. The van der Waals surface area contributed by atoms with Gasteiger partial charge in [-0.2, -0.15) is 0 Å². The molecule has 0 aliphatic carbocycles. The van der Waals surface area contributed by atoms with Gasteiger partial charge in [0.1, 0.15) is 5.82 Å². The van der Waals surface area contributed by atoms with Gasteiger partial charge in [-0.05, 0) is 36.6 Å². The Hall–Kier alpha value is -0.450. The molecular formula is C12H15BrFNO. The van der Waals surface area contributed by atoms with Crippen molar-refractivity contribution < 1.29 is 9.13 Å². The van der Waals surface area contributed by atoms with Gasteiger partial charge in [0, 0.05) is 17.6 Å². The molecule has 0 saturated carbocycles. The SMILES string of the molecule is Cc1c(F)cc(C2CNCCO2)c(C)c1Br. The number of hydrogen-bond acceptors (Lipinski definition) is 2. The topological polar surface area (TPSA) is 21.3 Å². The predicted molar refractivity (Wildman–Crippen MR) is 65.1 cm³/mol. The summed E-state index contributed by atoms with van der Waals surface area (Å²) in [7, 11) is 0. The molecule has 1 heterocycles. The molecule has 1 aliphatic heterocycles. The molecule has 4 heteroatoms. The fraction of sp³-hybridized carbons (Fsp3) is 0.500. The fourth-order valence-electron chi connectivity index (χ4n) is 1.97. The molecule has 0 spiro atoms. The predicted octanol–water partition coefficient (Wildman–Crippen LogP) is 2.87. The number of ether oxygens (including phenoxy) is 1. The van der Waals surface area contributed by atoms with E-state index in [4.69, 9.17) is 4.74 Å². The quantitative estimate of drug-likeness (QED) is 0.858. The highest BCUT2D eigenvalue weighted by molar-refractivity contribution is 9.10. The lowest BCUT2D eigenvalue weighted by atomic mass is 10.00. The van der Waals surface area contributed by atoms with Crippen molar-refractivity contribution in [2.45, 2.75) is 20.0 Å². The van der Waals surface area contributed by atoms with E-state index in [1.165, 1.54) is 0 Å². The zero-order valence-electron chi connectivity index (χ0n) is 9.44. The monoisotopic (exact) mass is 287 g/mol. The number of halogens is 2. The molecule has 1 saturated heterocycles. The highest BCUT2D eigenvalue weighted by Crippen LogP contribution is 2.31. The fourth-order valence-corrected chi connectivity index (χ4v) is 2.38. The first kappa shape index (κ1) is 12.0. The minimum atomic E-state index is -0.179. The van der Waals surface area contributed by atoms with Gasteiger partial charge in [0.05, 0.1) is 12.7 Å². The van der Waals surface area contributed by atoms with Crippen molar-refractivity contribution in [3.63, 3.8) is 0 Å². The van der Waals surface area contributed by atoms with Crippen LogP contribution in [0.25, 0.3) is 0 Å². The van der Waals surface area contributed by atoms with Crippen molar-refractivity contribution in [1.29, 1.82) is 0 Å². The van der Waals surface area contributed by atoms with Crippen molar-refractivity contribution in [1.82, 2.24) is 5.32 Å². The molecule has 0 aromatic heterocycles. The van der Waals surface area contributed by atoms with Gasteiger partial charge >= 0.3 is 0 Å². The number of rotatable bonds is 1. The average Bonchev–Trinajstić information content (AvgIpc) is 2.32. The Bertz CT molecular complexity index is 402. The third-order valence-corrected chi connectivity index (χ3v) is 4.20. The molecule has 0 radical (unpaired) electrons. The minimum Gasteiger partial charge on any atom is -0.371 e. The van der Waals surface area contributed by atoms with Gasteiger partial charge in [0.15, 0.2) is 0 Å². The van der Waals surface area contributed by atoms with Crippen LogP contribution in [0.4, 0.5) is 4.39 Å². The Kier molecular flexibility index (Phi) is 3.62. The molecule has 1 aromatic carbocycles. The van der Waals surface area contributed by atoms with E-state index in [1.807, 2.05) is 6.92 Å². The van der Waals surface area contributed by atoms with Crippen LogP contribution in [0, 0.1) is 19.7 Å². The summed E-state index contributed by atoms with van der Waals surface area (Å²) < 4.78 is 20.2. The molecule has 2 rings (SSSR count). The van der Waals surface area contributed by atoms with Crippen LogP contribution in [0.2, 0.25) is 0 Å². The molecule has 0 amide bonds. The highest BCUT2D eigenvalue weighted by Gasteiger charge is 2.21. The molecule has 16 heavy (non-hydrogen) atoms. The second-order valence-electron chi connectivity index (χ2n) is 4.08. The van der Waals surface area contributed by atoms with Crippen LogP contribution >= 0.6 is 15.9 Å². The van der Waals surface area contributed by atoms with Crippen LogP contribution in [0.1, 0.15) is 22.8 Å². The van der Waals surface area contributed by atoms with Gasteiger partial charge in [0.2, 0.25) is 0 Å². The first-order valence-corrected chi connectivity index (χ1v) is 6.18. The zero-order valence-corrected chi connectivity index (χ0v) is 11.0. The van der Waals surface area contributed by atoms with E-state index < -0.39 is 0 Å². The van der Waals surface area contributed by atoms with Crippen LogP contribution in [0.5, 0.6) is 0 Å². The third-order valence-electron chi connectivity index (χ3n) is 3.01. The summed E-state index contributed by atoms with van der Waals surface area (Å²) in [5, 5.41) is 3.25. The van der Waals surface area contributed by atoms with Crippen molar-refractivity contribution in [2.24, 2.45) is 0 Å². The summed E-state index contributed by atoms with van der Waals surface area (Å²) in [6.45, 7) is 6.05. The average molecular weight is 288 g/mol. The Morgan fingerprint density at radius 1 is 1.44 bits per heavy atom. The molecular weight excluding hydrogens is 273 g/mol. The molecule has 1 atom stereocenters. The number of hydrogen-bond donors (Lipinski definition) is 1. The zero-order chi connectivity index (χ0) is 11.7. The molecule has 2 nitrogen and oxygen atoms in total. The second kappa shape index (κ2) is 4.82. The Morgan fingerprint density at radius 2 is 2.19 bits per heavy atom. The lowest BCUT2D eigenvalue weighted by Crippen LogP contribution is -2.33. The largest absolute Gasteiger partial charge is 0.371 e. The maximum Gasteiger partial charge on any atom is 0.127 e. The lowest BCUT2D eigenvalue weighted by molar-refractivity contribution is 0.0271. The van der Waals surface area contributed by atoms with Crippen LogP contribution in [0.3, 0.4) is 0 Å². The Labute approximate surface area is 103 Å². The van der Waals surface area contributed by atoms with E-state index in [-0.39, 0.29) is 11.9 Å². The number of benzene rings is 1. The van der Waals surface area contributed by atoms with Crippen molar-refractivity contribution in [2.75, 3.05) is 19.7 Å². The summed E-state index contributed by atoms with van der Waals surface area (Å²) in [6.07, 6.45) is -0.0415. The van der Waals surface area contributed by atoms with Crippen LogP contribution < -0.4 is 5.32 Å². The van der Waals surface area contributed by atoms with Gasteiger partial charge in [-0.25, -0.2) is 4.39 Å². The van der Waals surface area contributed by atoms with Crippen LogP contribution in [0.15, 0.2) is 10.5 Å². The maximum atomic E-state index is 13.7.